The summed E-state index contributed by atoms with van der Waals surface area (Å²) in [4.78, 5) is 23.3. The molecule has 0 bridgehead atoms. The summed E-state index contributed by atoms with van der Waals surface area (Å²) in [5.41, 5.74) is 1.48. The Morgan fingerprint density at radius 1 is 1.31 bits per heavy atom. The van der Waals surface area contributed by atoms with Crippen molar-refractivity contribution in [2.45, 2.75) is 39.0 Å². The predicted molar refractivity (Wildman–Crippen MR) is 102 cm³/mol. The van der Waals surface area contributed by atoms with Gasteiger partial charge in [0.1, 0.15) is 11.6 Å². The number of nitrogens with one attached hydrogen (secondary N) is 1. The van der Waals surface area contributed by atoms with Crippen LogP contribution in [0.3, 0.4) is 0 Å². The molecule has 26 heavy (non-hydrogen) atoms. The molecule has 138 valence electrons. The van der Waals surface area contributed by atoms with E-state index in [1.54, 1.807) is 24.7 Å². The number of phenols is 1. The van der Waals surface area contributed by atoms with Crippen LogP contribution < -0.4 is 10.2 Å². The summed E-state index contributed by atoms with van der Waals surface area (Å²) in [6, 6.07) is 5.39. The van der Waals surface area contributed by atoms with Gasteiger partial charge in [-0.15, -0.1) is 0 Å². The van der Waals surface area contributed by atoms with E-state index in [1.165, 1.54) is 0 Å². The van der Waals surface area contributed by atoms with E-state index in [1.807, 2.05) is 12.1 Å². The molecular weight excluding hydrogens is 328 g/mol. The van der Waals surface area contributed by atoms with Crippen molar-refractivity contribution in [1.29, 1.82) is 0 Å². The number of benzene rings is 1. The molecular formula is C20H26N4O2. The molecule has 6 heteroatoms. The van der Waals surface area contributed by atoms with Crippen LogP contribution >= 0.6 is 0 Å². The molecule has 1 aromatic heterocycles. The zero-order valence-electron chi connectivity index (χ0n) is 15.6. The summed E-state index contributed by atoms with van der Waals surface area (Å²) in [7, 11) is 0. The van der Waals surface area contributed by atoms with Crippen LogP contribution in [-0.2, 0) is 10.2 Å². The monoisotopic (exact) mass is 354 g/mol. The average Bonchev–Trinajstić information content (AvgIpc) is 2.63. The van der Waals surface area contributed by atoms with Crippen molar-refractivity contribution in [1.82, 2.24) is 9.97 Å². The Morgan fingerprint density at radius 2 is 2.12 bits per heavy atom. The summed E-state index contributed by atoms with van der Waals surface area (Å²) < 4.78 is 0. The first-order chi connectivity index (χ1) is 12.3. The van der Waals surface area contributed by atoms with Gasteiger partial charge in [0.2, 0.25) is 5.91 Å². The minimum atomic E-state index is -0.150. The molecule has 1 fully saturated rings. The number of aromatic nitrogens is 2. The number of anilines is 2. The van der Waals surface area contributed by atoms with Gasteiger partial charge in [0.15, 0.2) is 0 Å². The fraction of sp³-hybridized carbons (Fsp3) is 0.450. The maximum atomic E-state index is 12.8. The van der Waals surface area contributed by atoms with Crippen LogP contribution in [0, 0.1) is 5.92 Å². The Balaban J connectivity index is 1.72. The van der Waals surface area contributed by atoms with Gasteiger partial charge in [-0.25, -0.2) is 4.98 Å². The Hall–Kier alpha value is -2.63. The number of aromatic hydroxyl groups is 1. The number of carbonyl (C=O) groups excluding carboxylic acids is 1. The van der Waals surface area contributed by atoms with E-state index in [4.69, 9.17) is 0 Å². The third-order valence-electron chi connectivity index (χ3n) is 4.79. The largest absolute Gasteiger partial charge is 0.506 e. The Kier molecular flexibility index (Phi) is 5.11. The molecule has 0 radical (unpaired) electrons. The van der Waals surface area contributed by atoms with Crippen molar-refractivity contribution in [3.8, 4) is 5.75 Å². The molecule has 2 aromatic rings. The molecule has 0 saturated carbocycles. The third-order valence-corrected chi connectivity index (χ3v) is 4.79. The Morgan fingerprint density at radius 3 is 2.81 bits per heavy atom. The molecule has 1 saturated heterocycles. The summed E-state index contributed by atoms with van der Waals surface area (Å²) in [5, 5.41) is 13.0. The zero-order chi connectivity index (χ0) is 18.7. The molecule has 0 spiro atoms. The number of rotatable bonds is 3. The topological polar surface area (TPSA) is 78.4 Å². The fourth-order valence-corrected chi connectivity index (χ4v) is 3.19. The van der Waals surface area contributed by atoms with Crippen molar-refractivity contribution >= 4 is 17.4 Å². The van der Waals surface area contributed by atoms with Gasteiger partial charge in [-0.2, -0.15) is 0 Å². The predicted octanol–water partition coefficient (Wildman–Crippen LogP) is 3.33. The smallest absolute Gasteiger partial charge is 0.229 e. The molecule has 3 rings (SSSR count). The average molecular weight is 354 g/mol. The molecule has 2 heterocycles. The van der Waals surface area contributed by atoms with Crippen LogP contribution in [0.1, 0.15) is 39.2 Å². The van der Waals surface area contributed by atoms with Gasteiger partial charge in [0, 0.05) is 25.5 Å². The van der Waals surface area contributed by atoms with Gasteiger partial charge in [-0.1, -0.05) is 26.8 Å². The molecule has 0 unspecified atom stereocenters. The van der Waals surface area contributed by atoms with E-state index in [-0.39, 0.29) is 23.0 Å². The fourth-order valence-electron chi connectivity index (χ4n) is 3.19. The van der Waals surface area contributed by atoms with Crippen LogP contribution in [0.4, 0.5) is 11.5 Å². The van der Waals surface area contributed by atoms with Crippen LogP contribution in [-0.4, -0.2) is 34.1 Å². The lowest BCUT2D eigenvalue weighted by Crippen LogP contribution is -2.41. The lowest BCUT2D eigenvalue weighted by atomic mass is 9.86. The van der Waals surface area contributed by atoms with E-state index in [2.05, 4.69) is 41.0 Å². The second kappa shape index (κ2) is 7.32. The number of hydrogen-bond acceptors (Lipinski definition) is 5. The van der Waals surface area contributed by atoms with E-state index in [9.17, 15) is 9.90 Å². The van der Waals surface area contributed by atoms with Gasteiger partial charge in [0.05, 0.1) is 17.8 Å². The maximum Gasteiger partial charge on any atom is 0.229 e. The molecule has 2 N–H and O–H groups in total. The van der Waals surface area contributed by atoms with Crippen LogP contribution in [0.15, 0.2) is 36.8 Å². The lowest BCUT2D eigenvalue weighted by molar-refractivity contribution is -0.120. The number of carbonyl (C=O) groups is 1. The van der Waals surface area contributed by atoms with Crippen molar-refractivity contribution < 1.29 is 9.90 Å². The van der Waals surface area contributed by atoms with E-state index in [0.717, 1.165) is 30.8 Å². The summed E-state index contributed by atoms with van der Waals surface area (Å²) >= 11 is 0. The first-order valence-electron chi connectivity index (χ1n) is 9.00. The van der Waals surface area contributed by atoms with Crippen molar-refractivity contribution in [3.05, 3.63) is 42.4 Å². The van der Waals surface area contributed by atoms with Gasteiger partial charge in [-0.3, -0.25) is 9.78 Å². The number of hydrogen-bond donors (Lipinski definition) is 2. The van der Waals surface area contributed by atoms with E-state index in [0.29, 0.717) is 12.2 Å². The Bertz CT molecular complexity index is 771. The normalized spacial score (nSPS) is 17.8. The molecule has 0 aliphatic carbocycles. The van der Waals surface area contributed by atoms with E-state index >= 15 is 0 Å². The quantitative estimate of drug-likeness (QED) is 0.827. The van der Waals surface area contributed by atoms with Crippen LogP contribution in [0.2, 0.25) is 0 Å². The number of piperidine rings is 1. The summed E-state index contributed by atoms with van der Waals surface area (Å²) in [6.45, 7) is 7.78. The van der Waals surface area contributed by atoms with Gasteiger partial charge < -0.3 is 15.3 Å². The standard InChI is InChI=1S/C20H26N4O2/c1-20(2,3)15-6-7-17(25)16(11-15)23-19(26)14-5-4-10-24(13-14)18-12-21-8-9-22-18/h6-9,11-12,14,25H,4-5,10,13H2,1-3H3,(H,23,26)/t14-/m0/s1. The van der Waals surface area contributed by atoms with E-state index < -0.39 is 0 Å². The highest BCUT2D eigenvalue weighted by atomic mass is 16.3. The molecule has 6 nitrogen and oxygen atoms in total. The first-order valence-corrected chi connectivity index (χ1v) is 9.00. The maximum absolute atomic E-state index is 12.8. The van der Waals surface area contributed by atoms with Crippen molar-refractivity contribution in [2.75, 3.05) is 23.3 Å². The van der Waals surface area contributed by atoms with Crippen LogP contribution in [0.25, 0.3) is 0 Å². The number of amides is 1. The van der Waals surface area contributed by atoms with Crippen molar-refractivity contribution in [2.24, 2.45) is 5.92 Å². The third kappa shape index (κ3) is 4.12. The lowest BCUT2D eigenvalue weighted by Gasteiger charge is -2.32. The first kappa shape index (κ1) is 18.2. The number of nitrogens with zero attached hydrogens (tertiary/aromatic N) is 3. The zero-order valence-corrected chi connectivity index (χ0v) is 15.6. The molecule has 1 atom stereocenters. The van der Waals surface area contributed by atoms with Crippen molar-refractivity contribution in [3.63, 3.8) is 0 Å². The second-order valence-electron chi connectivity index (χ2n) is 7.82. The highest BCUT2D eigenvalue weighted by Gasteiger charge is 2.27. The summed E-state index contributed by atoms with van der Waals surface area (Å²) in [6.07, 6.45) is 6.77. The van der Waals surface area contributed by atoms with Gasteiger partial charge in [-0.05, 0) is 36.0 Å². The molecule has 1 aliphatic rings. The van der Waals surface area contributed by atoms with Gasteiger partial charge in [0.25, 0.3) is 0 Å². The highest BCUT2D eigenvalue weighted by Crippen LogP contribution is 2.31. The molecule has 1 aliphatic heterocycles. The second-order valence-corrected chi connectivity index (χ2v) is 7.82. The summed E-state index contributed by atoms with van der Waals surface area (Å²) in [5.74, 6) is 0.666. The van der Waals surface area contributed by atoms with Gasteiger partial charge >= 0.3 is 0 Å². The Labute approximate surface area is 154 Å². The molecule has 1 aromatic carbocycles. The van der Waals surface area contributed by atoms with Crippen LogP contribution in [0.5, 0.6) is 5.75 Å². The minimum absolute atomic E-state index is 0.0548. The highest BCUT2D eigenvalue weighted by molar-refractivity contribution is 5.94. The number of phenolic OH excluding ortho intramolecular Hbond substituents is 1. The SMILES string of the molecule is CC(C)(C)c1ccc(O)c(NC(=O)[C@H]2CCCN(c3cnccn3)C2)c1. The minimum Gasteiger partial charge on any atom is -0.506 e. The molecule has 1 amide bonds.